The van der Waals surface area contributed by atoms with Gasteiger partial charge in [-0.1, -0.05) is 13.8 Å². The number of hydrogen-bond acceptors (Lipinski definition) is 5. The third-order valence-corrected chi connectivity index (χ3v) is 4.47. The minimum absolute atomic E-state index is 0.162. The topological polar surface area (TPSA) is 88.9 Å². The SMILES string of the molecule is Cc1nccn1CCCC(=O)N1CCO[C@@H](c2nc(C(C)C)n[nH]2)C1. The molecule has 25 heavy (non-hydrogen) atoms. The van der Waals surface area contributed by atoms with E-state index in [2.05, 4.69) is 24.7 Å². The van der Waals surface area contributed by atoms with Crippen LogP contribution < -0.4 is 0 Å². The van der Waals surface area contributed by atoms with Gasteiger partial charge >= 0.3 is 0 Å². The van der Waals surface area contributed by atoms with Gasteiger partial charge in [0.25, 0.3) is 0 Å². The molecule has 3 heterocycles. The molecule has 8 heteroatoms. The fraction of sp³-hybridized carbons (Fsp3) is 0.647. The lowest BCUT2D eigenvalue weighted by Crippen LogP contribution is -2.42. The van der Waals surface area contributed by atoms with Crippen LogP contribution in [0.4, 0.5) is 0 Å². The number of aryl methyl sites for hydroxylation is 2. The molecule has 0 aromatic carbocycles. The van der Waals surface area contributed by atoms with E-state index < -0.39 is 0 Å². The third-order valence-electron chi connectivity index (χ3n) is 4.47. The van der Waals surface area contributed by atoms with E-state index >= 15 is 0 Å². The molecule has 1 atom stereocenters. The van der Waals surface area contributed by atoms with Crippen LogP contribution in [-0.2, 0) is 16.1 Å². The number of morpholine rings is 1. The highest BCUT2D eigenvalue weighted by atomic mass is 16.5. The molecule has 0 unspecified atom stereocenters. The minimum Gasteiger partial charge on any atom is -0.367 e. The number of rotatable bonds is 6. The zero-order valence-corrected chi connectivity index (χ0v) is 15.1. The smallest absolute Gasteiger partial charge is 0.222 e. The molecule has 1 aliphatic rings. The fourth-order valence-electron chi connectivity index (χ4n) is 2.93. The van der Waals surface area contributed by atoms with E-state index in [0.717, 1.165) is 24.6 Å². The Morgan fingerprint density at radius 2 is 2.32 bits per heavy atom. The Bertz CT molecular complexity index is 708. The van der Waals surface area contributed by atoms with Crippen LogP contribution in [0, 0.1) is 6.92 Å². The van der Waals surface area contributed by atoms with Crippen LogP contribution in [0.5, 0.6) is 0 Å². The molecular formula is C17H26N6O2. The molecule has 1 amide bonds. The Balaban J connectivity index is 1.51. The number of hydrogen-bond donors (Lipinski definition) is 1. The van der Waals surface area contributed by atoms with E-state index in [1.165, 1.54) is 0 Å². The zero-order valence-electron chi connectivity index (χ0n) is 15.1. The van der Waals surface area contributed by atoms with Crippen LogP contribution in [0.3, 0.4) is 0 Å². The molecule has 2 aromatic heterocycles. The van der Waals surface area contributed by atoms with Crippen LogP contribution in [0.15, 0.2) is 12.4 Å². The van der Waals surface area contributed by atoms with Crippen molar-refractivity contribution in [3.05, 3.63) is 29.9 Å². The van der Waals surface area contributed by atoms with Crippen LogP contribution >= 0.6 is 0 Å². The lowest BCUT2D eigenvalue weighted by atomic mass is 10.2. The van der Waals surface area contributed by atoms with Gasteiger partial charge in [-0.3, -0.25) is 9.89 Å². The van der Waals surface area contributed by atoms with Gasteiger partial charge in [0.15, 0.2) is 11.6 Å². The minimum atomic E-state index is -0.228. The maximum Gasteiger partial charge on any atom is 0.222 e. The summed E-state index contributed by atoms with van der Waals surface area (Å²) in [4.78, 5) is 23.1. The van der Waals surface area contributed by atoms with E-state index in [1.807, 2.05) is 31.9 Å². The monoisotopic (exact) mass is 346 g/mol. The molecule has 2 aromatic rings. The Hall–Kier alpha value is -2.22. The maximum absolute atomic E-state index is 12.5. The van der Waals surface area contributed by atoms with Gasteiger partial charge in [-0.2, -0.15) is 5.10 Å². The largest absolute Gasteiger partial charge is 0.367 e. The molecule has 3 rings (SSSR count). The predicted molar refractivity (Wildman–Crippen MR) is 91.9 cm³/mol. The number of carbonyl (C=O) groups is 1. The van der Waals surface area contributed by atoms with Crippen molar-refractivity contribution in [2.45, 2.75) is 52.2 Å². The molecular weight excluding hydrogens is 320 g/mol. The summed E-state index contributed by atoms with van der Waals surface area (Å²) in [5.41, 5.74) is 0. The molecule has 0 radical (unpaired) electrons. The molecule has 0 bridgehead atoms. The number of nitrogens with one attached hydrogen (secondary N) is 1. The van der Waals surface area contributed by atoms with Gasteiger partial charge in [-0.25, -0.2) is 9.97 Å². The lowest BCUT2D eigenvalue weighted by Gasteiger charge is -2.32. The number of imidazole rings is 1. The lowest BCUT2D eigenvalue weighted by molar-refractivity contribution is -0.139. The molecule has 0 saturated carbocycles. The van der Waals surface area contributed by atoms with Crippen LogP contribution in [0.2, 0.25) is 0 Å². The van der Waals surface area contributed by atoms with Crippen LogP contribution in [0.25, 0.3) is 0 Å². The van der Waals surface area contributed by atoms with Crippen molar-refractivity contribution < 1.29 is 9.53 Å². The van der Waals surface area contributed by atoms with Crippen molar-refractivity contribution in [2.24, 2.45) is 0 Å². The average molecular weight is 346 g/mol. The summed E-state index contributed by atoms with van der Waals surface area (Å²) in [6.07, 6.45) is 4.83. The second-order valence-electron chi connectivity index (χ2n) is 6.70. The first-order valence-corrected chi connectivity index (χ1v) is 8.84. The summed E-state index contributed by atoms with van der Waals surface area (Å²) < 4.78 is 7.84. The fourth-order valence-corrected chi connectivity index (χ4v) is 2.93. The normalized spacial score (nSPS) is 18.1. The van der Waals surface area contributed by atoms with Gasteiger partial charge < -0.3 is 14.2 Å². The van der Waals surface area contributed by atoms with Crippen molar-refractivity contribution >= 4 is 5.91 Å². The zero-order chi connectivity index (χ0) is 17.8. The number of aromatic nitrogens is 5. The van der Waals surface area contributed by atoms with E-state index in [0.29, 0.717) is 31.9 Å². The van der Waals surface area contributed by atoms with Crippen molar-refractivity contribution in [2.75, 3.05) is 19.7 Å². The summed E-state index contributed by atoms with van der Waals surface area (Å²) >= 11 is 0. The van der Waals surface area contributed by atoms with Crippen molar-refractivity contribution in [3.8, 4) is 0 Å². The van der Waals surface area contributed by atoms with Gasteiger partial charge in [-0.15, -0.1) is 0 Å². The first kappa shape index (κ1) is 17.6. The summed E-state index contributed by atoms with van der Waals surface area (Å²) in [5, 5.41) is 7.17. The number of nitrogens with zero attached hydrogens (tertiary/aromatic N) is 5. The maximum atomic E-state index is 12.5. The number of H-pyrrole nitrogens is 1. The van der Waals surface area contributed by atoms with Gasteiger partial charge in [0, 0.05) is 37.8 Å². The summed E-state index contributed by atoms with van der Waals surface area (Å²) in [6, 6.07) is 0. The van der Waals surface area contributed by atoms with E-state index in [9.17, 15) is 4.79 Å². The second-order valence-corrected chi connectivity index (χ2v) is 6.70. The quantitative estimate of drug-likeness (QED) is 0.862. The van der Waals surface area contributed by atoms with Crippen molar-refractivity contribution in [1.82, 2.24) is 29.6 Å². The molecule has 8 nitrogen and oxygen atoms in total. The Labute approximate surface area is 147 Å². The summed E-state index contributed by atoms with van der Waals surface area (Å²) in [7, 11) is 0. The first-order valence-electron chi connectivity index (χ1n) is 8.84. The standard InChI is InChI=1S/C17H26N6O2/c1-12(2)16-19-17(21-20-16)14-11-23(9-10-25-14)15(24)5-4-7-22-8-6-18-13(22)3/h6,8,12,14H,4-5,7,9-11H2,1-3H3,(H,19,20,21)/t14-/m1/s1. The molecule has 0 aliphatic carbocycles. The average Bonchev–Trinajstić information content (AvgIpc) is 3.25. The molecule has 1 N–H and O–H groups in total. The Morgan fingerprint density at radius 3 is 3.00 bits per heavy atom. The van der Waals surface area contributed by atoms with Crippen LogP contribution in [0.1, 0.15) is 56.2 Å². The van der Waals surface area contributed by atoms with Gasteiger partial charge in [0.2, 0.25) is 5.91 Å². The number of carbonyl (C=O) groups excluding carboxylic acids is 1. The predicted octanol–water partition coefficient (Wildman–Crippen LogP) is 1.81. The summed E-state index contributed by atoms with van der Waals surface area (Å²) in [6.45, 7) is 8.55. The third kappa shape index (κ3) is 4.25. The second kappa shape index (κ2) is 7.77. The van der Waals surface area contributed by atoms with E-state index in [1.54, 1.807) is 6.20 Å². The molecule has 136 valence electrons. The number of amides is 1. The molecule has 1 aliphatic heterocycles. The first-order chi connectivity index (χ1) is 12.0. The summed E-state index contributed by atoms with van der Waals surface area (Å²) in [5.74, 6) is 2.88. The molecule has 0 spiro atoms. The number of ether oxygens (including phenoxy) is 1. The highest BCUT2D eigenvalue weighted by molar-refractivity contribution is 5.76. The van der Waals surface area contributed by atoms with Gasteiger partial charge in [0.1, 0.15) is 11.9 Å². The molecule has 1 saturated heterocycles. The Morgan fingerprint density at radius 1 is 1.48 bits per heavy atom. The van der Waals surface area contributed by atoms with E-state index in [4.69, 9.17) is 4.74 Å². The van der Waals surface area contributed by atoms with Gasteiger partial charge in [0.05, 0.1) is 13.2 Å². The number of aromatic amines is 1. The van der Waals surface area contributed by atoms with Crippen LogP contribution in [-0.4, -0.2) is 55.2 Å². The molecule has 1 fully saturated rings. The van der Waals surface area contributed by atoms with Gasteiger partial charge in [-0.05, 0) is 13.3 Å². The van der Waals surface area contributed by atoms with Crippen molar-refractivity contribution in [1.29, 1.82) is 0 Å². The van der Waals surface area contributed by atoms with E-state index in [-0.39, 0.29) is 17.9 Å². The highest BCUT2D eigenvalue weighted by Gasteiger charge is 2.27. The highest BCUT2D eigenvalue weighted by Crippen LogP contribution is 2.21. The van der Waals surface area contributed by atoms with Crippen molar-refractivity contribution in [3.63, 3.8) is 0 Å². The Kier molecular flexibility index (Phi) is 5.47.